The summed E-state index contributed by atoms with van der Waals surface area (Å²) in [5, 5.41) is 0.931. The summed E-state index contributed by atoms with van der Waals surface area (Å²) in [7, 11) is 1.80. The lowest BCUT2D eigenvalue weighted by Crippen LogP contribution is -2.36. The Labute approximate surface area is 156 Å². The van der Waals surface area contributed by atoms with E-state index in [0.29, 0.717) is 25.3 Å². The smallest absolute Gasteiger partial charge is 0.255 e. The van der Waals surface area contributed by atoms with Crippen LogP contribution in [0.25, 0.3) is 10.2 Å². The molecule has 1 fully saturated rings. The monoisotopic (exact) mass is 368 g/mol. The molecule has 0 saturated carbocycles. The summed E-state index contributed by atoms with van der Waals surface area (Å²) in [4.78, 5) is 25.6. The van der Waals surface area contributed by atoms with E-state index in [0.717, 1.165) is 34.1 Å². The van der Waals surface area contributed by atoms with Crippen molar-refractivity contribution in [2.75, 3.05) is 38.3 Å². The van der Waals surface area contributed by atoms with Crippen LogP contribution in [0.1, 0.15) is 15.4 Å². The quantitative estimate of drug-likeness (QED) is 0.709. The van der Waals surface area contributed by atoms with E-state index >= 15 is 0 Å². The van der Waals surface area contributed by atoms with Crippen LogP contribution in [-0.2, 0) is 11.3 Å². The number of hydrogen-bond acceptors (Lipinski definition) is 6. The number of carbonyl (C=O) groups is 1. The molecule has 1 saturated heterocycles. The van der Waals surface area contributed by atoms with Gasteiger partial charge in [0.2, 0.25) is 0 Å². The molecule has 0 aliphatic carbocycles. The average molecular weight is 368 g/mol. The molecule has 134 valence electrons. The van der Waals surface area contributed by atoms with Crippen LogP contribution in [0.5, 0.6) is 0 Å². The van der Waals surface area contributed by atoms with Gasteiger partial charge in [-0.15, -0.1) is 11.3 Å². The number of anilines is 1. The Hall–Kier alpha value is -2.51. The number of morpholine rings is 1. The lowest BCUT2D eigenvalue weighted by molar-refractivity contribution is 0.0784. The molecule has 0 bridgehead atoms. The number of rotatable bonds is 4. The maximum Gasteiger partial charge on any atom is 0.255 e. The number of pyridine rings is 1. The van der Waals surface area contributed by atoms with Gasteiger partial charge in [0.1, 0.15) is 10.8 Å². The molecule has 26 heavy (non-hydrogen) atoms. The number of benzene rings is 1. The number of carbonyl (C=O) groups excluding carboxylic acids is 1. The highest BCUT2D eigenvalue weighted by molar-refractivity contribution is 7.18. The number of hydrogen-bond donors (Lipinski definition) is 0. The minimum Gasteiger partial charge on any atom is -0.378 e. The van der Waals surface area contributed by atoms with Crippen LogP contribution in [0.15, 0.2) is 42.6 Å². The van der Waals surface area contributed by atoms with Gasteiger partial charge in [-0.25, -0.2) is 9.97 Å². The first-order chi connectivity index (χ1) is 12.7. The van der Waals surface area contributed by atoms with Gasteiger partial charge >= 0.3 is 0 Å². The minimum atomic E-state index is -0.0507. The van der Waals surface area contributed by atoms with E-state index in [1.54, 1.807) is 29.5 Å². The molecule has 1 aromatic carbocycles. The van der Waals surface area contributed by atoms with Gasteiger partial charge < -0.3 is 14.5 Å². The summed E-state index contributed by atoms with van der Waals surface area (Å²) < 4.78 is 6.50. The zero-order valence-corrected chi connectivity index (χ0v) is 15.4. The largest absolute Gasteiger partial charge is 0.378 e. The lowest BCUT2D eigenvalue weighted by atomic mass is 10.2. The second-order valence-corrected chi connectivity index (χ2v) is 7.36. The van der Waals surface area contributed by atoms with Gasteiger partial charge in [-0.2, -0.15) is 0 Å². The normalized spacial score (nSPS) is 14.6. The molecule has 3 heterocycles. The molecule has 6 nitrogen and oxygen atoms in total. The van der Waals surface area contributed by atoms with Crippen molar-refractivity contribution in [3.8, 4) is 0 Å². The summed E-state index contributed by atoms with van der Waals surface area (Å²) in [5.74, 6) is 0.837. The summed E-state index contributed by atoms with van der Waals surface area (Å²) >= 11 is 1.62. The summed E-state index contributed by atoms with van der Waals surface area (Å²) in [6.45, 7) is 3.58. The third-order valence-corrected chi connectivity index (χ3v) is 5.41. The second-order valence-electron chi connectivity index (χ2n) is 6.24. The molecule has 2 aromatic heterocycles. The Morgan fingerprint density at radius 2 is 2.04 bits per heavy atom. The van der Waals surface area contributed by atoms with Crippen molar-refractivity contribution in [1.29, 1.82) is 0 Å². The molecular formula is C19H20N4O2S. The van der Waals surface area contributed by atoms with Crippen molar-refractivity contribution >= 4 is 33.3 Å². The maximum absolute atomic E-state index is 12.7. The van der Waals surface area contributed by atoms with E-state index in [-0.39, 0.29) is 5.91 Å². The van der Waals surface area contributed by atoms with E-state index in [4.69, 9.17) is 4.74 Å². The number of nitrogens with zero attached hydrogens (tertiary/aromatic N) is 4. The van der Waals surface area contributed by atoms with Gasteiger partial charge in [0.25, 0.3) is 5.91 Å². The third-order valence-electron chi connectivity index (χ3n) is 4.39. The highest BCUT2D eigenvalue weighted by atomic mass is 32.1. The van der Waals surface area contributed by atoms with Crippen LogP contribution in [0.4, 0.5) is 5.82 Å². The highest BCUT2D eigenvalue weighted by Gasteiger charge is 2.16. The van der Waals surface area contributed by atoms with Crippen LogP contribution in [0.2, 0.25) is 0 Å². The molecule has 0 N–H and O–H groups in total. The first-order valence-corrected chi connectivity index (χ1v) is 9.41. The fraction of sp³-hybridized carbons (Fsp3) is 0.316. The predicted molar refractivity (Wildman–Crippen MR) is 103 cm³/mol. The van der Waals surface area contributed by atoms with E-state index in [2.05, 4.69) is 14.9 Å². The van der Waals surface area contributed by atoms with Crippen LogP contribution in [0, 0.1) is 0 Å². The SMILES string of the molecule is CN(Cc1nc2ccccc2s1)C(=O)c1ccc(N2CCOCC2)nc1. The van der Waals surface area contributed by atoms with Gasteiger partial charge in [0, 0.05) is 26.3 Å². The van der Waals surface area contributed by atoms with E-state index in [1.807, 2.05) is 36.4 Å². The van der Waals surface area contributed by atoms with Crippen molar-refractivity contribution in [1.82, 2.24) is 14.9 Å². The Morgan fingerprint density at radius 1 is 1.23 bits per heavy atom. The number of fused-ring (bicyclic) bond motifs is 1. The van der Waals surface area contributed by atoms with Crippen molar-refractivity contribution < 1.29 is 9.53 Å². The van der Waals surface area contributed by atoms with Crippen molar-refractivity contribution in [2.24, 2.45) is 0 Å². The molecule has 3 aromatic rings. The van der Waals surface area contributed by atoms with Crippen molar-refractivity contribution in [3.63, 3.8) is 0 Å². The molecule has 4 rings (SSSR count). The Morgan fingerprint density at radius 3 is 2.77 bits per heavy atom. The molecule has 0 spiro atoms. The molecule has 1 amide bonds. The number of aromatic nitrogens is 2. The first-order valence-electron chi connectivity index (χ1n) is 8.59. The van der Waals surface area contributed by atoms with E-state index in [1.165, 1.54) is 0 Å². The Kier molecular flexibility index (Phi) is 4.81. The fourth-order valence-corrected chi connectivity index (χ4v) is 4.00. The van der Waals surface area contributed by atoms with Crippen LogP contribution in [0.3, 0.4) is 0 Å². The van der Waals surface area contributed by atoms with Crippen LogP contribution >= 0.6 is 11.3 Å². The highest BCUT2D eigenvalue weighted by Crippen LogP contribution is 2.23. The van der Waals surface area contributed by atoms with E-state index < -0.39 is 0 Å². The number of amides is 1. The van der Waals surface area contributed by atoms with Crippen molar-refractivity contribution in [2.45, 2.75) is 6.54 Å². The van der Waals surface area contributed by atoms with Gasteiger partial charge in [-0.05, 0) is 24.3 Å². The van der Waals surface area contributed by atoms with Crippen LogP contribution in [-0.4, -0.2) is 54.1 Å². The Balaban J connectivity index is 1.44. The molecule has 0 unspecified atom stereocenters. The maximum atomic E-state index is 12.7. The molecule has 0 atom stereocenters. The van der Waals surface area contributed by atoms with Crippen LogP contribution < -0.4 is 4.90 Å². The zero-order valence-electron chi connectivity index (χ0n) is 14.6. The van der Waals surface area contributed by atoms with Gasteiger partial charge in [-0.3, -0.25) is 4.79 Å². The average Bonchev–Trinajstić information content (AvgIpc) is 3.10. The van der Waals surface area contributed by atoms with Crippen molar-refractivity contribution in [3.05, 3.63) is 53.2 Å². The summed E-state index contributed by atoms with van der Waals surface area (Å²) in [5.41, 5.74) is 1.57. The molecule has 1 aliphatic heterocycles. The predicted octanol–water partition coefficient (Wildman–Crippen LogP) is 2.80. The molecular weight excluding hydrogens is 348 g/mol. The number of para-hydroxylation sites is 1. The molecule has 7 heteroatoms. The molecule has 0 radical (unpaired) electrons. The topological polar surface area (TPSA) is 58.6 Å². The van der Waals surface area contributed by atoms with Gasteiger partial charge in [0.15, 0.2) is 0 Å². The number of ether oxygens (including phenoxy) is 1. The minimum absolute atomic E-state index is 0.0507. The zero-order chi connectivity index (χ0) is 17.9. The molecule has 1 aliphatic rings. The third kappa shape index (κ3) is 3.54. The Bertz CT molecular complexity index is 870. The standard InChI is InChI=1S/C19H20N4O2S/c1-22(13-18-21-15-4-2-3-5-16(15)26-18)19(24)14-6-7-17(20-12-14)23-8-10-25-11-9-23/h2-7,12H,8-11,13H2,1H3. The van der Waals surface area contributed by atoms with Gasteiger partial charge in [-0.1, -0.05) is 12.1 Å². The second kappa shape index (κ2) is 7.39. The first kappa shape index (κ1) is 16.9. The van der Waals surface area contributed by atoms with E-state index in [9.17, 15) is 4.79 Å². The fourth-order valence-electron chi connectivity index (χ4n) is 2.97. The number of thiazole rings is 1. The summed E-state index contributed by atoms with van der Waals surface area (Å²) in [6, 6.07) is 11.8. The van der Waals surface area contributed by atoms with Gasteiger partial charge in [0.05, 0.1) is 35.5 Å². The lowest BCUT2D eigenvalue weighted by Gasteiger charge is -2.27. The summed E-state index contributed by atoms with van der Waals surface area (Å²) in [6.07, 6.45) is 1.65.